The third-order valence-corrected chi connectivity index (χ3v) is 6.15. The van der Waals surface area contributed by atoms with Crippen molar-refractivity contribution in [1.82, 2.24) is 19.8 Å². The lowest BCUT2D eigenvalue weighted by Crippen LogP contribution is -2.35. The number of guanidine groups is 1. The molecule has 2 amide bonds. The molecule has 11 heteroatoms. The lowest BCUT2D eigenvalue weighted by atomic mass is 10.1. The first kappa shape index (κ1) is 28.4. The van der Waals surface area contributed by atoms with Crippen LogP contribution >= 0.6 is 0 Å². The van der Waals surface area contributed by atoms with Crippen LogP contribution in [0.25, 0.3) is 11.1 Å². The summed E-state index contributed by atoms with van der Waals surface area (Å²) >= 11 is 0. The molecular weight excluding hydrogens is 482 g/mol. The summed E-state index contributed by atoms with van der Waals surface area (Å²) in [6.45, 7) is 5.70. The van der Waals surface area contributed by atoms with Gasteiger partial charge in [-0.25, -0.2) is 9.78 Å². The van der Waals surface area contributed by atoms with Crippen LogP contribution in [0.2, 0.25) is 0 Å². The third-order valence-electron chi connectivity index (χ3n) is 6.15. The number of H-pyrrole nitrogens is 1. The lowest BCUT2D eigenvalue weighted by molar-refractivity contribution is 0.252. The number of nitrogens with one attached hydrogen (secondary N) is 4. The predicted molar refractivity (Wildman–Crippen MR) is 152 cm³/mol. The van der Waals surface area contributed by atoms with Crippen molar-refractivity contribution in [3.63, 3.8) is 0 Å². The molecule has 3 aromatic rings. The van der Waals surface area contributed by atoms with Crippen LogP contribution in [0.4, 0.5) is 16.4 Å². The van der Waals surface area contributed by atoms with Crippen LogP contribution in [0.5, 0.6) is 0 Å². The van der Waals surface area contributed by atoms with Gasteiger partial charge in [0.15, 0.2) is 5.96 Å². The smallest absolute Gasteiger partial charge is 0.326 e. The number of benzene rings is 2. The van der Waals surface area contributed by atoms with Crippen LogP contribution in [0.15, 0.2) is 59.5 Å². The van der Waals surface area contributed by atoms with Gasteiger partial charge in [0.05, 0.1) is 5.56 Å². The van der Waals surface area contributed by atoms with Crippen LogP contribution in [-0.4, -0.2) is 65.0 Å². The Kier molecular flexibility index (Phi) is 10.4. The summed E-state index contributed by atoms with van der Waals surface area (Å²) < 4.78 is 0. The number of rotatable bonds is 12. The van der Waals surface area contributed by atoms with E-state index in [-0.39, 0.29) is 17.5 Å². The Bertz CT molecular complexity index is 1270. The first-order chi connectivity index (χ1) is 18.3. The minimum Gasteiger partial charge on any atom is -0.370 e. The monoisotopic (exact) mass is 519 g/mol. The number of hydrogen-bond donors (Lipinski definition) is 6. The van der Waals surface area contributed by atoms with Crippen molar-refractivity contribution in [2.45, 2.75) is 26.3 Å². The number of nitrogens with two attached hydrogens (primary N) is 2. The number of carbonyl (C=O) groups excluding carboxylic acids is 1. The number of amides is 2. The van der Waals surface area contributed by atoms with Crippen molar-refractivity contribution in [2.24, 2.45) is 11.5 Å². The molecule has 0 unspecified atom stereocenters. The van der Waals surface area contributed by atoms with Crippen molar-refractivity contribution in [2.75, 3.05) is 43.9 Å². The number of anilines is 2. The van der Waals surface area contributed by atoms with Crippen molar-refractivity contribution >= 4 is 23.6 Å². The molecule has 0 saturated carbocycles. The number of nitrogens with zero attached hydrogens (tertiary/aromatic N) is 3. The molecule has 0 saturated heterocycles. The van der Waals surface area contributed by atoms with E-state index in [4.69, 9.17) is 16.9 Å². The summed E-state index contributed by atoms with van der Waals surface area (Å²) in [4.78, 5) is 35.9. The SMILES string of the molecule is Cc1ccccc1NC(=O)Nc1ncc(-c2ccc(CN(CCCN)CCCN(C)C(=N)N)cc2)c(=O)[nH]1. The van der Waals surface area contributed by atoms with E-state index >= 15 is 0 Å². The largest absolute Gasteiger partial charge is 0.370 e. The average Bonchev–Trinajstić information content (AvgIpc) is 2.89. The van der Waals surface area contributed by atoms with Gasteiger partial charge < -0.3 is 21.7 Å². The molecular formula is C27H37N9O2. The van der Waals surface area contributed by atoms with Gasteiger partial charge in [-0.15, -0.1) is 0 Å². The summed E-state index contributed by atoms with van der Waals surface area (Å²) in [7, 11) is 1.81. The second-order valence-electron chi connectivity index (χ2n) is 9.14. The highest BCUT2D eigenvalue weighted by Crippen LogP contribution is 2.18. The Morgan fingerprint density at radius 1 is 1.05 bits per heavy atom. The van der Waals surface area contributed by atoms with E-state index in [1.807, 2.05) is 56.4 Å². The zero-order valence-electron chi connectivity index (χ0n) is 22.0. The van der Waals surface area contributed by atoms with E-state index in [0.29, 0.717) is 24.3 Å². The maximum Gasteiger partial charge on any atom is 0.326 e. The van der Waals surface area contributed by atoms with E-state index in [9.17, 15) is 9.59 Å². The zero-order valence-corrected chi connectivity index (χ0v) is 22.0. The number of aromatic amines is 1. The van der Waals surface area contributed by atoms with Crippen LogP contribution < -0.4 is 27.7 Å². The van der Waals surface area contributed by atoms with Gasteiger partial charge in [0.2, 0.25) is 5.95 Å². The number of aryl methyl sites for hydroxylation is 1. The molecule has 11 nitrogen and oxygen atoms in total. The molecule has 0 aliphatic heterocycles. The predicted octanol–water partition coefficient (Wildman–Crippen LogP) is 2.76. The van der Waals surface area contributed by atoms with Crippen molar-refractivity contribution in [3.8, 4) is 11.1 Å². The molecule has 0 fully saturated rings. The van der Waals surface area contributed by atoms with Crippen LogP contribution in [0.1, 0.15) is 24.0 Å². The Morgan fingerprint density at radius 3 is 2.42 bits per heavy atom. The van der Waals surface area contributed by atoms with E-state index < -0.39 is 6.03 Å². The molecule has 8 N–H and O–H groups in total. The Balaban J connectivity index is 1.61. The molecule has 0 spiro atoms. The quantitative estimate of drug-likeness (QED) is 0.158. The number of urea groups is 1. The van der Waals surface area contributed by atoms with E-state index in [2.05, 4.69) is 25.5 Å². The summed E-state index contributed by atoms with van der Waals surface area (Å²) in [5.41, 5.74) is 14.7. The molecule has 0 radical (unpaired) electrons. The Labute approximate surface area is 222 Å². The van der Waals surface area contributed by atoms with Crippen molar-refractivity contribution in [1.29, 1.82) is 5.41 Å². The zero-order chi connectivity index (χ0) is 27.5. The highest BCUT2D eigenvalue weighted by molar-refractivity contribution is 5.99. The molecule has 38 heavy (non-hydrogen) atoms. The second-order valence-corrected chi connectivity index (χ2v) is 9.14. The van der Waals surface area contributed by atoms with Crippen molar-refractivity contribution < 1.29 is 4.79 Å². The summed E-state index contributed by atoms with van der Waals surface area (Å²) in [6.07, 6.45) is 3.23. The number of aromatic nitrogens is 2. The summed E-state index contributed by atoms with van der Waals surface area (Å²) in [5.74, 6) is 0.125. The maximum absolute atomic E-state index is 12.7. The molecule has 3 rings (SSSR count). The lowest BCUT2D eigenvalue weighted by Gasteiger charge is -2.24. The summed E-state index contributed by atoms with van der Waals surface area (Å²) in [5, 5.41) is 12.8. The maximum atomic E-state index is 12.7. The van der Waals surface area contributed by atoms with E-state index in [0.717, 1.165) is 49.2 Å². The molecule has 1 aromatic heterocycles. The van der Waals surface area contributed by atoms with Crippen LogP contribution in [0, 0.1) is 12.3 Å². The molecule has 0 bridgehead atoms. The van der Waals surface area contributed by atoms with Gasteiger partial charge in [-0.2, -0.15) is 0 Å². The number of hydrogen-bond acceptors (Lipinski definition) is 6. The van der Waals surface area contributed by atoms with Gasteiger partial charge in [0, 0.05) is 38.6 Å². The van der Waals surface area contributed by atoms with Gasteiger partial charge in [0.1, 0.15) is 0 Å². The van der Waals surface area contributed by atoms with Gasteiger partial charge in [-0.1, -0.05) is 42.5 Å². The average molecular weight is 520 g/mol. The molecule has 2 aromatic carbocycles. The Hall–Kier alpha value is -4.22. The topological polar surface area (TPSA) is 169 Å². The van der Waals surface area contributed by atoms with Crippen molar-refractivity contribution in [3.05, 3.63) is 76.2 Å². The highest BCUT2D eigenvalue weighted by Gasteiger charge is 2.11. The summed E-state index contributed by atoms with van der Waals surface area (Å²) in [6, 6.07) is 14.7. The standard InChI is InChI=1S/C27H37N9O2/c1-19-7-3-4-8-23(19)32-27(38)34-26-31-17-22(24(37)33-26)21-11-9-20(10-12-21)18-36(15-5-13-28)16-6-14-35(2)25(29)30/h3-4,7-12,17H,5-6,13-16,18,28H2,1-2H3,(H3,29,30)(H3,31,32,33,34,37,38). The Morgan fingerprint density at radius 2 is 1.76 bits per heavy atom. The number of carbonyl (C=O) groups is 1. The normalized spacial score (nSPS) is 10.8. The molecule has 0 aliphatic carbocycles. The molecule has 0 atom stereocenters. The molecule has 1 heterocycles. The minimum atomic E-state index is -0.494. The first-order valence-corrected chi connectivity index (χ1v) is 12.6. The molecule has 202 valence electrons. The van der Waals surface area contributed by atoms with Gasteiger partial charge in [0.25, 0.3) is 5.56 Å². The highest BCUT2D eigenvalue weighted by atomic mass is 16.2. The minimum absolute atomic E-state index is 0.0624. The number of para-hydroxylation sites is 1. The van der Waals surface area contributed by atoms with Gasteiger partial charge >= 0.3 is 6.03 Å². The molecule has 0 aliphatic rings. The van der Waals surface area contributed by atoms with Crippen LogP contribution in [0.3, 0.4) is 0 Å². The second kappa shape index (κ2) is 13.9. The van der Waals surface area contributed by atoms with Gasteiger partial charge in [-0.05, 0) is 55.6 Å². The van der Waals surface area contributed by atoms with Crippen LogP contribution in [-0.2, 0) is 6.54 Å². The fourth-order valence-corrected chi connectivity index (χ4v) is 3.92. The first-order valence-electron chi connectivity index (χ1n) is 12.6. The van der Waals surface area contributed by atoms with E-state index in [1.165, 1.54) is 6.20 Å². The third kappa shape index (κ3) is 8.43. The van der Waals surface area contributed by atoms with Gasteiger partial charge in [-0.3, -0.25) is 25.4 Å². The van der Waals surface area contributed by atoms with E-state index in [1.54, 1.807) is 11.0 Å². The fraction of sp³-hybridized carbons (Fsp3) is 0.333. The fourth-order valence-electron chi connectivity index (χ4n) is 3.92.